The van der Waals surface area contributed by atoms with Crippen LogP contribution in [0.2, 0.25) is 0 Å². The van der Waals surface area contributed by atoms with Crippen molar-refractivity contribution in [1.29, 1.82) is 0 Å². The van der Waals surface area contributed by atoms with Gasteiger partial charge in [-0.1, -0.05) is 51.8 Å². The van der Waals surface area contributed by atoms with E-state index in [4.69, 9.17) is 5.11 Å². The third kappa shape index (κ3) is 11.0. The molecule has 2 unspecified atom stereocenters. The maximum absolute atomic E-state index is 10.2. The van der Waals surface area contributed by atoms with Crippen molar-refractivity contribution >= 4 is 24.3 Å². The Morgan fingerprint density at radius 2 is 1.03 bits per heavy atom. The first-order chi connectivity index (χ1) is 17.1. The Bertz CT molecular complexity index is 913. The molecular formula is C29H41O6P. The summed E-state index contributed by atoms with van der Waals surface area (Å²) in [5, 5.41) is 28.7. The van der Waals surface area contributed by atoms with E-state index in [0.29, 0.717) is 16.2 Å². The van der Waals surface area contributed by atoms with Crippen LogP contribution in [0, 0.1) is 5.92 Å². The molecule has 0 saturated heterocycles. The predicted octanol–water partition coefficient (Wildman–Crippen LogP) is 4.53. The van der Waals surface area contributed by atoms with Gasteiger partial charge in [0.15, 0.2) is 0 Å². The molecule has 0 aliphatic carbocycles. The molecule has 198 valence electrons. The average molecular weight is 517 g/mol. The fraction of sp³-hybridized carbons (Fsp3) is 0.345. The number of hydrogen-bond donors (Lipinski definition) is 5. The minimum absolute atomic E-state index is 0.0184. The van der Waals surface area contributed by atoms with Gasteiger partial charge in [0.1, 0.15) is 0 Å². The molecule has 5 N–H and O–H groups in total. The Morgan fingerprint density at radius 3 is 1.31 bits per heavy atom. The topological polar surface area (TPSA) is 118 Å². The molecule has 0 aromatic heterocycles. The van der Waals surface area contributed by atoms with E-state index in [1.54, 1.807) is 54.6 Å². The second-order valence-electron chi connectivity index (χ2n) is 8.65. The Morgan fingerprint density at radius 1 is 0.694 bits per heavy atom. The molecule has 6 nitrogen and oxygen atoms in total. The first-order valence-electron chi connectivity index (χ1n) is 12.3. The average Bonchev–Trinajstić information content (AvgIpc) is 2.91. The van der Waals surface area contributed by atoms with Crippen molar-refractivity contribution in [2.75, 3.05) is 0 Å². The summed E-state index contributed by atoms with van der Waals surface area (Å²) in [6.45, 7) is 6.00. The molecule has 3 aromatic carbocycles. The molecule has 0 saturated carbocycles. The van der Waals surface area contributed by atoms with Crippen LogP contribution in [-0.4, -0.2) is 43.3 Å². The number of rotatable bonds is 9. The predicted molar refractivity (Wildman–Crippen MR) is 149 cm³/mol. The summed E-state index contributed by atoms with van der Waals surface area (Å²) in [4.78, 5) is 30.5. The summed E-state index contributed by atoms with van der Waals surface area (Å²) >= 11 is 0. The molecule has 7 heteroatoms. The van der Waals surface area contributed by atoms with E-state index < -0.39 is 13.7 Å². The van der Waals surface area contributed by atoms with Crippen LogP contribution in [0.5, 0.6) is 0 Å². The molecule has 0 aliphatic rings. The van der Waals surface area contributed by atoms with Gasteiger partial charge in [-0.3, -0.25) is 0 Å². The monoisotopic (exact) mass is 516 g/mol. The molecule has 0 spiro atoms. The molecule has 0 heterocycles. The molecule has 36 heavy (non-hydrogen) atoms. The number of aliphatic hydroxyl groups excluding tert-OH is 2. The van der Waals surface area contributed by atoms with Crippen molar-refractivity contribution < 1.29 is 29.9 Å². The van der Waals surface area contributed by atoms with Gasteiger partial charge in [0, 0.05) is 5.92 Å². The number of aliphatic hydroxyl groups is 2. The number of aromatic carboxylic acids is 1. The second-order valence-corrected chi connectivity index (χ2v) is 11.1. The van der Waals surface area contributed by atoms with Crippen LogP contribution < -0.4 is 10.6 Å². The van der Waals surface area contributed by atoms with Crippen LogP contribution in [0.1, 0.15) is 56.8 Å². The summed E-state index contributed by atoms with van der Waals surface area (Å²) in [5.41, 5.74) is 0.331. The molecule has 0 bridgehead atoms. The molecule has 0 radical (unpaired) electrons. The zero-order valence-corrected chi connectivity index (χ0v) is 22.4. The molecule has 0 fully saturated rings. The number of carboxylic acids is 1. The fourth-order valence-electron chi connectivity index (χ4n) is 3.46. The van der Waals surface area contributed by atoms with Crippen LogP contribution in [-0.2, 0) is 0 Å². The van der Waals surface area contributed by atoms with E-state index in [0.717, 1.165) is 25.7 Å². The SMILES string of the molecule is CCCC(O)C(C)C(O)CCC.O=C(O)c1ccccc1.O[PH](O)(c1ccccc1)c1ccccc1. The number of carbonyl (C=O) groups is 1. The van der Waals surface area contributed by atoms with Gasteiger partial charge in [-0.05, 0) is 25.0 Å². The maximum atomic E-state index is 10.2. The van der Waals surface area contributed by atoms with E-state index in [-0.39, 0.29) is 18.1 Å². The van der Waals surface area contributed by atoms with Gasteiger partial charge in [0.2, 0.25) is 0 Å². The fourth-order valence-corrected chi connectivity index (χ4v) is 5.11. The van der Waals surface area contributed by atoms with E-state index in [1.165, 1.54) is 0 Å². The van der Waals surface area contributed by atoms with Gasteiger partial charge in [-0.15, -0.1) is 0 Å². The van der Waals surface area contributed by atoms with Gasteiger partial charge in [0.25, 0.3) is 0 Å². The molecule has 0 aliphatic heterocycles. The van der Waals surface area contributed by atoms with E-state index in [9.17, 15) is 24.8 Å². The van der Waals surface area contributed by atoms with Crippen molar-refractivity contribution in [2.45, 2.75) is 58.7 Å². The van der Waals surface area contributed by atoms with E-state index >= 15 is 0 Å². The number of hydrogen-bond acceptors (Lipinski definition) is 5. The Kier molecular flexibility index (Phi) is 14.8. The normalized spacial score (nSPS) is 13.6. The van der Waals surface area contributed by atoms with Crippen LogP contribution in [0.15, 0.2) is 91.0 Å². The summed E-state index contributed by atoms with van der Waals surface area (Å²) in [7, 11) is -3.46. The summed E-state index contributed by atoms with van der Waals surface area (Å²) in [5.74, 6) is -0.861. The van der Waals surface area contributed by atoms with Crippen molar-refractivity contribution in [3.8, 4) is 0 Å². The number of carboxylic acid groups (broad SMARTS) is 1. The summed E-state index contributed by atoms with van der Waals surface area (Å²) in [6.07, 6.45) is 2.87. The van der Waals surface area contributed by atoms with Crippen molar-refractivity contribution in [3.05, 3.63) is 96.6 Å². The van der Waals surface area contributed by atoms with Crippen molar-refractivity contribution in [1.82, 2.24) is 0 Å². The van der Waals surface area contributed by atoms with Crippen LogP contribution in [0.4, 0.5) is 0 Å². The van der Waals surface area contributed by atoms with Crippen LogP contribution in [0.3, 0.4) is 0 Å². The Balaban J connectivity index is 0.000000280. The second kappa shape index (κ2) is 17.0. The minimum atomic E-state index is -3.46. The molecule has 0 amide bonds. The number of benzene rings is 3. The van der Waals surface area contributed by atoms with Crippen molar-refractivity contribution in [2.24, 2.45) is 5.92 Å². The first-order valence-corrected chi connectivity index (χ1v) is 14.2. The van der Waals surface area contributed by atoms with Gasteiger partial charge in [-0.25, -0.2) is 4.79 Å². The Hall–Kier alpha value is -2.60. The first kappa shape index (κ1) is 31.4. The standard InChI is InChI=1S/C12H13O2P.C10H22O2.C7H6O2/c13-15(14,11-7-3-1-4-8-11)12-9-5-2-6-10-12;1-4-6-9(11)8(3)10(12)7-5-2;8-7(9)6-4-2-1-3-5-6/h1-10,13-15H;8-12H,4-7H2,1-3H3;1-5H,(H,8,9). The van der Waals surface area contributed by atoms with E-state index in [2.05, 4.69) is 0 Å². The third-order valence-electron chi connectivity index (χ3n) is 5.76. The van der Waals surface area contributed by atoms with Crippen LogP contribution >= 0.6 is 7.72 Å². The quantitative estimate of drug-likeness (QED) is 0.267. The van der Waals surface area contributed by atoms with Crippen LogP contribution in [0.25, 0.3) is 0 Å². The van der Waals surface area contributed by atoms with Crippen molar-refractivity contribution in [3.63, 3.8) is 0 Å². The zero-order valence-electron chi connectivity index (χ0n) is 21.4. The molecule has 3 aromatic rings. The van der Waals surface area contributed by atoms with Gasteiger partial charge < -0.3 is 15.3 Å². The molecular weight excluding hydrogens is 475 g/mol. The summed E-state index contributed by atoms with van der Waals surface area (Å²) in [6, 6.07) is 26.3. The molecule has 3 rings (SSSR count). The van der Waals surface area contributed by atoms with Gasteiger partial charge in [0.05, 0.1) is 17.8 Å². The van der Waals surface area contributed by atoms with E-state index in [1.807, 2.05) is 57.2 Å². The van der Waals surface area contributed by atoms with Gasteiger partial charge in [-0.2, -0.15) is 0 Å². The van der Waals surface area contributed by atoms with Gasteiger partial charge >= 0.3 is 94.7 Å². The zero-order chi connectivity index (χ0) is 27.0. The Labute approximate surface area is 215 Å². The third-order valence-corrected chi connectivity index (χ3v) is 8.03. The summed E-state index contributed by atoms with van der Waals surface area (Å²) < 4.78 is 0. The molecule has 2 atom stereocenters.